The second kappa shape index (κ2) is 10.9. The van der Waals surface area contributed by atoms with E-state index in [9.17, 15) is 0 Å². The van der Waals surface area contributed by atoms with Gasteiger partial charge in [-0.05, 0) is 23.7 Å². The molecule has 110 valence electrons. The van der Waals surface area contributed by atoms with E-state index < -0.39 is 0 Å². The Hall–Kier alpha value is 0. The predicted molar refractivity (Wildman–Crippen MR) is 84.9 cm³/mol. The quantitative estimate of drug-likeness (QED) is 0.360. The molecule has 0 bridgehead atoms. The van der Waals surface area contributed by atoms with E-state index in [2.05, 4.69) is 41.5 Å². The highest BCUT2D eigenvalue weighted by atomic mass is 14.2. The number of rotatable bonds is 11. The van der Waals surface area contributed by atoms with Gasteiger partial charge in [0.25, 0.3) is 0 Å². The second-order valence-corrected chi connectivity index (χ2v) is 6.84. The molecule has 0 spiro atoms. The van der Waals surface area contributed by atoms with E-state index in [1.807, 2.05) is 0 Å². The molecule has 0 aromatic heterocycles. The van der Waals surface area contributed by atoms with Crippen LogP contribution >= 0.6 is 0 Å². The normalized spacial score (nSPS) is 18.3. The highest BCUT2D eigenvalue weighted by Gasteiger charge is 2.10. The maximum atomic E-state index is 2.44. The van der Waals surface area contributed by atoms with Crippen LogP contribution in [0.2, 0.25) is 0 Å². The van der Waals surface area contributed by atoms with Crippen LogP contribution in [0.4, 0.5) is 0 Å². The first-order chi connectivity index (χ1) is 8.51. The van der Waals surface area contributed by atoms with Gasteiger partial charge < -0.3 is 0 Å². The van der Waals surface area contributed by atoms with Crippen molar-refractivity contribution in [3.8, 4) is 0 Å². The molecule has 0 aliphatic carbocycles. The van der Waals surface area contributed by atoms with Gasteiger partial charge in [-0.1, -0.05) is 92.9 Å². The Morgan fingerprint density at radius 1 is 0.556 bits per heavy atom. The molecule has 0 fully saturated rings. The van der Waals surface area contributed by atoms with Crippen molar-refractivity contribution in [3.05, 3.63) is 0 Å². The van der Waals surface area contributed by atoms with E-state index in [0.717, 1.165) is 23.7 Å². The van der Waals surface area contributed by atoms with Crippen LogP contribution in [0.5, 0.6) is 0 Å². The van der Waals surface area contributed by atoms with Crippen LogP contribution in [-0.2, 0) is 0 Å². The van der Waals surface area contributed by atoms with Crippen LogP contribution in [0, 0.1) is 23.7 Å². The molecule has 4 atom stereocenters. The van der Waals surface area contributed by atoms with Crippen molar-refractivity contribution < 1.29 is 0 Å². The average Bonchev–Trinajstić information content (AvgIpc) is 2.39. The summed E-state index contributed by atoms with van der Waals surface area (Å²) in [5, 5.41) is 0. The maximum absolute atomic E-state index is 2.44. The van der Waals surface area contributed by atoms with E-state index in [-0.39, 0.29) is 0 Å². The lowest BCUT2D eigenvalue weighted by molar-refractivity contribution is 0.332. The molecule has 0 amide bonds. The Morgan fingerprint density at radius 2 is 1.11 bits per heavy atom. The van der Waals surface area contributed by atoms with E-state index in [4.69, 9.17) is 0 Å². The number of hydrogen-bond acceptors (Lipinski definition) is 0. The van der Waals surface area contributed by atoms with Gasteiger partial charge in [0.05, 0.1) is 0 Å². The van der Waals surface area contributed by atoms with Crippen LogP contribution < -0.4 is 0 Å². The van der Waals surface area contributed by atoms with Crippen LogP contribution in [0.3, 0.4) is 0 Å². The highest BCUT2D eigenvalue weighted by Crippen LogP contribution is 2.23. The van der Waals surface area contributed by atoms with Gasteiger partial charge in [-0.25, -0.2) is 0 Å². The molecule has 0 saturated heterocycles. The monoisotopic (exact) mass is 254 g/mol. The lowest BCUT2D eigenvalue weighted by Gasteiger charge is -2.19. The third-order valence-electron chi connectivity index (χ3n) is 5.07. The first kappa shape index (κ1) is 18.0. The fourth-order valence-electron chi connectivity index (χ4n) is 2.56. The molecule has 0 saturated carbocycles. The first-order valence-electron chi connectivity index (χ1n) is 8.51. The second-order valence-electron chi connectivity index (χ2n) is 6.84. The minimum Gasteiger partial charge on any atom is -0.0651 e. The topological polar surface area (TPSA) is 0 Å². The number of unbranched alkanes of at least 4 members (excludes halogenated alkanes) is 1. The van der Waals surface area contributed by atoms with Crippen molar-refractivity contribution in [2.45, 2.75) is 92.9 Å². The van der Waals surface area contributed by atoms with E-state index in [0.29, 0.717) is 0 Å². The summed E-state index contributed by atoms with van der Waals surface area (Å²) in [6.07, 6.45) is 11.3. The average molecular weight is 255 g/mol. The summed E-state index contributed by atoms with van der Waals surface area (Å²) in [7, 11) is 0. The third-order valence-corrected chi connectivity index (χ3v) is 5.07. The molecule has 0 radical (unpaired) electrons. The molecule has 18 heavy (non-hydrogen) atoms. The van der Waals surface area contributed by atoms with Gasteiger partial charge in [0.1, 0.15) is 0 Å². The smallest absolute Gasteiger partial charge is 0.0417 e. The van der Waals surface area contributed by atoms with Crippen molar-refractivity contribution in [1.29, 1.82) is 0 Å². The van der Waals surface area contributed by atoms with Crippen LogP contribution in [0.15, 0.2) is 0 Å². The lowest BCUT2D eigenvalue weighted by Crippen LogP contribution is -2.07. The fraction of sp³-hybridized carbons (Fsp3) is 1.00. The molecule has 0 aliphatic rings. The van der Waals surface area contributed by atoms with Gasteiger partial charge in [-0.15, -0.1) is 0 Å². The Labute approximate surface area is 117 Å². The molecule has 0 aliphatic heterocycles. The maximum Gasteiger partial charge on any atom is -0.0417 e. The van der Waals surface area contributed by atoms with Gasteiger partial charge in [0.15, 0.2) is 0 Å². The third kappa shape index (κ3) is 9.00. The van der Waals surface area contributed by atoms with Crippen molar-refractivity contribution in [3.63, 3.8) is 0 Å². The molecule has 4 unspecified atom stereocenters. The Balaban J connectivity index is 3.48. The van der Waals surface area contributed by atoms with Crippen molar-refractivity contribution in [2.75, 3.05) is 0 Å². The minimum absolute atomic E-state index is 0.910. The Morgan fingerprint density at radius 3 is 1.67 bits per heavy atom. The molecule has 0 heterocycles. The Bertz CT molecular complexity index is 173. The zero-order chi connectivity index (χ0) is 14.0. The molecular formula is C18H38. The van der Waals surface area contributed by atoms with Gasteiger partial charge >= 0.3 is 0 Å². The summed E-state index contributed by atoms with van der Waals surface area (Å²) in [5.74, 6) is 3.70. The first-order valence-corrected chi connectivity index (χ1v) is 8.51. The van der Waals surface area contributed by atoms with Crippen molar-refractivity contribution in [1.82, 2.24) is 0 Å². The zero-order valence-corrected chi connectivity index (χ0v) is 14.0. The van der Waals surface area contributed by atoms with E-state index in [1.54, 1.807) is 0 Å². The Kier molecular flexibility index (Phi) is 10.9. The molecule has 0 N–H and O–H groups in total. The summed E-state index contributed by atoms with van der Waals surface area (Å²) in [6, 6.07) is 0. The van der Waals surface area contributed by atoms with Gasteiger partial charge in [0, 0.05) is 0 Å². The predicted octanol–water partition coefficient (Wildman–Crippen LogP) is 6.69. The SMILES string of the molecule is CCC(C)CCC(C)CCCCC(C)C(C)CC. The van der Waals surface area contributed by atoms with Gasteiger partial charge in [-0.2, -0.15) is 0 Å². The minimum atomic E-state index is 0.910. The summed E-state index contributed by atoms with van der Waals surface area (Å²) >= 11 is 0. The van der Waals surface area contributed by atoms with Gasteiger partial charge in [0.2, 0.25) is 0 Å². The number of hydrogen-bond donors (Lipinski definition) is 0. The molecule has 0 nitrogen and oxygen atoms in total. The zero-order valence-electron chi connectivity index (χ0n) is 14.0. The van der Waals surface area contributed by atoms with Crippen LogP contribution in [-0.4, -0.2) is 0 Å². The lowest BCUT2D eigenvalue weighted by atomic mass is 9.87. The molecule has 0 aromatic rings. The summed E-state index contributed by atoms with van der Waals surface area (Å²) in [6.45, 7) is 14.3. The fourth-order valence-corrected chi connectivity index (χ4v) is 2.56. The van der Waals surface area contributed by atoms with Crippen LogP contribution in [0.25, 0.3) is 0 Å². The van der Waals surface area contributed by atoms with Crippen molar-refractivity contribution in [2.24, 2.45) is 23.7 Å². The standard InChI is InChI=1S/C18H38/c1-7-15(3)13-14-16(4)11-9-10-12-18(6)17(5)8-2/h15-18H,7-14H2,1-6H3. The van der Waals surface area contributed by atoms with Crippen LogP contribution in [0.1, 0.15) is 92.9 Å². The summed E-state index contributed by atoms with van der Waals surface area (Å²) < 4.78 is 0. The molecule has 0 rings (SSSR count). The van der Waals surface area contributed by atoms with E-state index in [1.165, 1.54) is 51.4 Å². The summed E-state index contributed by atoms with van der Waals surface area (Å²) in [4.78, 5) is 0. The van der Waals surface area contributed by atoms with Gasteiger partial charge in [-0.3, -0.25) is 0 Å². The largest absolute Gasteiger partial charge is 0.0651 e. The van der Waals surface area contributed by atoms with E-state index >= 15 is 0 Å². The molecule has 0 heteroatoms. The summed E-state index contributed by atoms with van der Waals surface area (Å²) in [5.41, 5.74) is 0. The van der Waals surface area contributed by atoms with Crippen molar-refractivity contribution >= 4 is 0 Å². The molecule has 0 aromatic carbocycles. The highest BCUT2D eigenvalue weighted by molar-refractivity contribution is 4.62. The molecular weight excluding hydrogens is 216 g/mol.